The lowest BCUT2D eigenvalue weighted by Crippen LogP contribution is -2.51. The van der Waals surface area contributed by atoms with Gasteiger partial charge in [-0.2, -0.15) is 0 Å². The second-order valence-corrected chi connectivity index (χ2v) is 9.42. The lowest BCUT2D eigenvalue weighted by atomic mass is 10.1. The van der Waals surface area contributed by atoms with E-state index in [4.69, 9.17) is 25.8 Å². The van der Waals surface area contributed by atoms with Gasteiger partial charge in [0.1, 0.15) is 11.3 Å². The molecule has 1 amide bonds. The Kier molecular flexibility index (Phi) is 8.06. The molecule has 3 heterocycles. The molecular formula is C25H32ClN3O4. The zero-order chi connectivity index (χ0) is 23.2. The minimum atomic E-state index is -0.488. The molecule has 0 radical (unpaired) electrons. The Morgan fingerprint density at radius 2 is 1.94 bits per heavy atom. The average molecular weight is 474 g/mol. The third kappa shape index (κ3) is 6.59. The van der Waals surface area contributed by atoms with Crippen LogP contribution in [0.25, 0.3) is 0 Å². The first-order valence-electron chi connectivity index (χ1n) is 11.6. The molecule has 1 unspecified atom stereocenters. The molecule has 0 N–H and O–H groups in total. The van der Waals surface area contributed by atoms with Gasteiger partial charge in [-0.1, -0.05) is 37.6 Å². The van der Waals surface area contributed by atoms with Crippen LogP contribution in [0.2, 0.25) is 5.15 Å². The zero-order valence-electron chi connectivity index (χ0n) is 19.3. The van der Waals surface area contributed by atoms with Crippen LogP contribution in [0.4, 0.5) is 0 Å². The number of nitrogens with zero attached hydrogens (tertiary/aromatic N) is 3. The highest BCUT2D eigenvalue weighted by atomic mass is 35.5. The molecule has 2 aliphatic rings. The number of halogens is 1. The number of hydrogen-bond acceptors (Lipinski definition) is 6. The Bertz CT molecular complexity index is 938. The number of benzene rings is 1. The van der Waals surface area contributed by atoms with E-state index in [-0.39, 0.29) is 5.91 Å². The summed E-state index contributed by atoms with van der Waals surface area (Å²) in [6.45, 7) is 9.27. The number of carbonyl (C=O) groups is 1. The van der Waals surface area contributed by atoms with E-state index >= 15 is 0 Å². The van der Waals surface area contributed by atoms with E-state index in [1.807, 2.05) is 29.2 Å². The fourth-order valence-electron chi connectivity index (χ4n) is 4.16. The number of hydrogen-bond donors (Lipinski definition) is 0. The zero-order valence-corrected chi connectivity index (χ0v) is 20.1. The fraction of sp³-hybridized carbons (Fsp3) is 0.520. The van der Waals surface area contributed by atoms with Crippen molar-refractivity contribution in [3.05, 3.63) is 52.8 Å². The number of aromatic nitrogens is 1. The molecule has 0 aliphatic carbocycles. The standard InChI is InChI=1S/C25H32ClN3O4/c1-18(2)14-29(16-19-4-6-21-22(12-19)32-10-3-9-31-21)25(30)23-17-28(8-11-33-23)15-20-5-7-24(26)27-13-20/h4-7,12-13,18,23H,3,8-11,14-17H2,1-2H3. The van der Waals surface area contributed by atoms with Gasteiger partial charge in [0.25, 0.3) is 5.91 Å². The molecule has 1 fully saturated rings. The van der Waals surface area contributed by atoms with Gasteiger partial charge in [-0.15, -0.1) is 0 Å². The highest BCUT2D eigenvalue weighted by Gasteiger charge is 2.31. The molecule has 1 aromatic carbocycles. The molecule has 0 saturated carbocycles. The second kappa shape index (κ2) is 11.2. The monoisotopic (exact) mass is 473 g/mol. The van der Waals surface area contributed by atoms with Crippen molar-refractivity contribution in [3.63, 3.8) is 0 Å². The van der Waals surface area contributed by atoms with E-state index in [2.05, 4.69) is 23.7 Å². The molecule has 2 aromatic rings. The third-order valence-electron chi connectivity index (χ3n) is 5.70. The number of amides is 1. The summed E-state index contributed by atoms with van der Waals surface area (Å²) < 4.78 is 17.5. The van der Waals surface area contributed by atoms with Crippen LogP contribution >= 0.6 is 11.6 Å². The van der Waals surface area contributed by atoms with Crippen molar-refractivity contribution in [2.75, 3.05) is 39.5 Å². The Morgan fingerprint density at radius 1 is 1.15 bits per heavy atom. The maximum atomic E-state index is 13.5. The highest BCUT2D eigenvalue weighted by Crippen LogP contribution is 2.31. The number of morpholine rings is 1. The van der Waals surface area contributed by atoms with Crippen LogP contribution in [-0.4, -0.2) is 66.2 Å². The maximum Gasteiger partial charge on any atom is 0.253 e. The molecule has 7 nitrogen and oxygen atoms in total. The molecule has 33 heavy (non-hydrogen) atoms. The van der Waals surface area contributed by atoms with Crippen molar-refractivity contribution in [1.29, 1.82) is 0 Å². The largest absolute Gasteiger partial charge is 0.490 e. The summed E-state index contributed by atoms with van der Waals surface area (Å²) in [6, 6.07) is 9.70. The van der Waals surface area contributed by atoms with E-state index < -0.39 is 6.10 Å². The summed E-state index contributed by atoms with van der Waals surface area (Å²) in [7, 11) is 0. The van der Waals surface area contributed by atoms with Gasteiger partial charge in [0, 0.05) is 45.3 Å². The molecule has 2 aliphatic heterocycles. The number of carbonyl (C=O) groups excluding carboxylic acids is 1. The normalized spacial score (nSPS) is 18.7. The van der Waals surface area contributed by atoms with Crippen molar-refractivity contribution in [1.82, 2.24) is 14.8 Å². The first-order valence-corrected chi connectivity index (χ1v) is 12.0. The van der Waals surface area contributed by atoms with Crippen molar-refractivity contribution in [3.8, 4) is 11.5 Å². The number of pyridine rings is 1. The number of rotatable bonds is 7. The topological polar surface area (TPSA) is 64.1 Å². The van der Waals surface area contributed by atoms with Gasteiger partial charge in [-0.3, -0.25) is 9.69 Å². The van der Waals surface area contributed by atoms with E-state index in [0.717, 1.165) is 35.6 Å². The Balaban J connectivity index is 1.43. The summed E-state index contributed by atoms with van der Waals surface area (Å²) in [6.07, 6.45) is 2.16. The summed E-state index contributed by atoms with van der Waals surface area (Å²) in [5, 5.41) is 0.480. The van der Waals surface area contributed by atoms with E-state index in [1.165, 1.54) is 0 Å². The molecule has 8 heteroatoms. The summed E-state index contributed by atoms with van der Waals surface area (Å²) >= 11 is 5.90. The predicted octanol–water partition coefficient (Wildman–Crippen LogP) is 3.78. The Labute approximate surface area is 200 Å². The SMILES string of the molecule is CC(C)CN(Cc1ccc2c(c1)OCCCO2)C(=O)C1CN(Cc2ccc(Cl)nc2)CCO1. The first-order chi connectivity index (χ1) is 16.0. The average Bonchev–Trinajstić information content (AvgIpc) is 3.05. The molecule has 1 saturated heterocycles. The Hall–Kier alpha value is -2.35. The van der Waals surface area contributed by atoms with Gasteiger partial charge < -0.3 is 19.1 Å². The molecule has 0 spiro atoms. The van der Waals surface area contributed by atoms with E-state index in [9.17, 15) is 4.79 Å². The molecule has 1 atom stereocenters. The smallest absolute Gasteiger partial charge is 0.253 e. The van der Waals surface area contributed by atoms with Crippen molar-refractivity contribution >= 4 is 17.5 Å². The van der Waals surface area contributed by atoms with Gasteiger partial charge in [-0.05, 0) is 35.2 Å². The molecule has 4 rings (SSSR count). The second-order valence-electron chi connectivity index (χ2n) is 9.03. The van der Waals surface area contributed by atoms with Crippen molar-refractivity contribution in [2.45, 2.75) is 39.5 Å². The third-order valence-corrected chi connectivity index (χ3v) is 5.93. The summed E-state index contributed by atoms with van der Waals surface area (Å²) in [5.74, 6) is 1.88. The van der Waals surface area contributed by atoms with Crippen LogP contribution in [0.1, 0.15) is 31.4 Å². The summed E-state index contributed by atoms with van der Waals surface area (Å²) in [5.41, 5.74) is 2.09. The van der Waals surface area contributed by atoms with E-state index in [1.54, 1.807) is 12.3 Å². The minimum absolute atomic E-state index is 0.0229. The lowest BCUT2D eigenvalue weighted by molar-refractivity contribution is -0.151. The first kappa shape index (κ1) is 23.8. The predicted molar refractivity (Wildman–Crippen MR) is 127 cm³/mol. The van der Waals surface area contributed by atoms with Crippen LogP contribution in [0.3, 0.4) is 0 Å². The Morgan fingerprint density at radius 3 is 2.70 bits per heavy atom. The van der Waals surface area contributed by atoms with Gasteiger partial charge in [0.05, 0.1) is 19.8 Å². The molecular weight excluding hydrogens is 442 g/mol. The maximum absolute atomic E-state index is 13.5. The van der Waals surface area contributed by atoms with Gasteiger partial charge in [0.2, 0.25) is 0 Å². The number of ether oxygens (including phenoxy) is 3. The van der Waals surface area contributed by atoms with Crippen LogP contribution in [-0.2, 0) is 22.6 Å². The minimum Gasteiger partial charge on any atom is -0.490 e. The summed E-state index contributed by atoms with van der Waals surface area (Å²) in [4.78, 5) is 21.8. The van der Waals surface area contributed by atoms with Crippen molar-refractivity contribution in [2.24, 2.45) is 5.92 Å². The highest BCUT2D eigenvalue weighted by molar-refractivity contribution is 6.29. The van der Waals surface area contributed by atoms with Crippen LogP contribution in [0.15, 0.2) is 36.5 Å². The molecule has 0 bridgehead atoms. The van der Waals surface area contributed by atoms with Crippen LogP contribution < -0.4 is 9.47 Å². The van der Waals surface area contributed by atoms with E-state index in [0.29, 0.717) is 57.1 Å². The van der Waals surface area contributed by atoms with Crippen molar-refractivity contribution < 1.29 is 19.0 Å². The molecule has 1 aromatic heterocycles. The van der Waals surface area contributed by atoms with Crippen LogP contribution in [0, 0.1) is 5.92 Å². The van der Waals surface area contributed by atoms with Gasteiger partial charge >= 0.3 is 0 Å². The lowest BCUT2D eigenvalue weighted by Gasteiger charge is -2.35. The number of fused-ring (bicyclic) bond motifs is 1. The van der Waals surface area contributed by atoms with Gasteiger partial charge in [0.15, 0.2) is 11.5 Å². The van der Waals surface area contributed by atoms with Gasteiger partial charge in [-0.25, -0.2) is 4.98 Å². The fourth-order valence-corrected chi connectivity index (χ4v) is 4.27. The molecule has 178 valence electrons. The van der Waals surface area contributed by atoms with Crippen LogP contribution in [0.5, 0.6) is 11.5 Å². The quantitative estimate of drug-likeness (QED) is 0.570.